The van der Waals surface area contributed by atoms with Gasteiger partial charge in [-0.15, -0.1) is 0 Å². The first-order chi connectivity index (χ1) is 12.5. The van der Waals surface area contributed by atoms with Gasteiger partial charge in [0.25, 0.3) is 5.91 Å². The number of carbonyl (C=O) groups is 2. The van der Waals surface area contributed by atoms with Crippen LogP contribution in [0.2, 0.25) is 0 Å². The number of halogens is 1. The predicted molar refractivity (Wildman–Crippen MR) is 114 cm³/mol. The number of nitrogens with one attached hydrogen (secondary N) is 1. The molecule has 0 bridgehead atoms. The van der Waals surface area contributed by atoms with Gasteiger partial charge in [-0.05, 0) is 29.8 Å². The third-order valence-electron chi connectivity index (χ3n) is 3.64. The Bertz CT molecular complexity index is 884. The SMILES string of the molecule is O=C(CCN1C(=O)/C(=C\c2ccccc2)SC1=S)Nc1cccc(Br)c1. The third kappa shape index (κ3) is 4.81. The Kier molecular flexibility index (Phi) is 6.24. The van der Waals surface area contributed by atoms with E-state index in [1.807, 2.05) is 60.7 Å². The lowest BCUT2D eigenvalue weighted by molar-refractivity contribution is -0.122. The predicted octanol–water partition coefficient (Wildman–Crippen LogP) is 4.68. The van der Waals surface area contributed by atoms with Gasteiger partial charge in [-0.3, -0.25) is 14.5 Å². The molecule has 1 fully saturated rings. The van der Waals surface area contributed by atoms with Crippen LogP contribution in [0.15, 0.2) is 64.0 Å². The molecule has 2 aromatic rings. The van der Waals surface area contributed by atoms with Crippen LogP contribution < -0.4 is 5.32 Å². The number of thiocarbonyl (C=S) groups is 1. The van der Waals surface area contributed by atoms with E-state index in [9.17, 15) is 9.59 Å². The largest absolute Gasteiger partial charge is 0.326 e. The molecule has 2 amide bonds. The molecule has 26 heavy (non-hydrogen) atoms. The van der Waals surface area contributed by atoms with Gasteiger partial charge in [0, 0.05) is 23.1 Å². The highest BCUT2D eigenvalue weighted by Crippen LogP contribution is 2.32. The molecule has 2 aromatic carbocycles. The lowest BCUT2D eigenvalue weighted by Crippen LogP contribution is -2.31. The van der Waals surface area contributed by atoms with Gasteiger partial charge >= 0.3 is 0 Å². The molecule has 0 spiro atoms. The Balaban J connectivity index is 1.59. The topological polar surface area (TPSA) is 49.4 Å². The van der Waals surface area contributed by atoms with Crippen molar-refractivity contribution in [2.24, 2.45) is 0 Å². The first-order valence-electron chi connectivity index (χ1n) is 7.89. The van der Waals surface area contributed by atoms with Crippen LogP contribution in [0.3, 0.4) is 0 Å². The molecule has 0 aromatic heterocycles. The molecule has 3 rings (SSSR count). The second-order valence-corrected chi connectivity index (χ2v) is 8.14. The van der Waals surface area contributed by atoms with E-state index in [1.54, 1.807) is 0 Å². The number of rotatable bonds is 5. The minimum absolute atomic E-state index is 0.154. The standard InChI is InChI=1S/C19H15BrN2O2S2/c20-14-7-4-8-15(12-14)21-17(23)9-10-22-18(24)16(26-19(22)25)11-13-5-2-1-3-6-13/h1-8,11-12H,9-10H2,(H,21,23)/b16-11+. The van der Waals surface area contributed by atoms with Crippen molar-refractivity contribution in [3.05, 3.63) is 69.5 Å². The Hall–Kier alpha value is -1.96. The van der Waals surface area contributed by atoms with Crippen molar-refractivity contribution in [3.63, 3.8) is 0 Å². The normalized spacial score (nSPS) is 15.6. The number of nitrogens with zero attached hydrogens (tertiary/aromatic N) is 1. The molecule has 1 N–H and O–H groups in total. The van der Waals surface area contributed by atoms with Crippen LogP contribution in [0, 0.1) is 0 Å². The highest BCUT2D eigenvalue weighted by Gasteiger charge is 2.32. The van der Waals surface area contributed by atoms with Crippen LogP contribution in [-0.2, 0) is 9.59 Å². The minimum Gasteiger partial charge on any atom is -0.326 e. The van der Waals surface area contributed by atoms with Crippen LogP contribution in [0.5, 0.6) is 0 Å². The van der Waals surface area contributed by atoms with Gasteiger partial charge in [0.05, 0.1) is 4.91 Å². The monoisotopic (exact) mass is 446 g/mol. The number of thioether (sulfide) groups is 1. The number of benzene rings is 2. The maximum atomic E-state index is 12.5. The molecule has 1 heterocycles. The number of carbonyl (C=O) groups excluding carboxylic acids is 2. The summed E-state index contributed by atoms with van der Waals surface area (Å²) in [6, 6.07) is 17.0. The Morgan fingerprint density at radius 1 is 1.19 bits per heavy atom. The van der Waals surface area contributed by atoms with Crippen LogP contribution in [0.25, 0.3) is 6.08 Å². The maximum absolute atomic E-state index is 12.5. The summed E-state index contributed by atoms with van der Waals surface area (Å²) in [5, 5.41) is 2.82. The second kappa shape index (κ2) is 8.62. The molecule has 4 nitrogen and oxygen atoms in total. The third-order valence-corrected chi connectivity index (χ3v) is 5.51. The number of hydrogen-bond donors (Lipinski definition) is 1. The Morgan fingerprint density at radius 3 is 2.69 bits per heavy atom. The van der Waals surface area contributed by atoms with Crippen molar-refractivity contribution in [3.8, 4) is 0 Å². The number of anilines is 1. The van der Waals surface area contributed by atoms with Crippen molar-refractivity contribution in [1.82, 2.24) is 4.90 Å². The van der Waals surface area contributed by atoms with Crippen LogP contribution in [-0.4, -0.2) is 27.6 Å². The van der Waals surface area contributed by atoms with E-state index in [1.165, 1.54) is 16.7 Å². The molecule has 0 aliphatic carbocycles. The molecule has 1 saturated heterocycles. The molecule has 0 radical (unpaired) electrons. The number of amides is 2. The summed E-state index contributed by atoms with van der Waals surface area (Å²) in [5.41, 5.74) is 1.65. The summed E-state index contributed by atoms with van der Waals surface area (Å²) < 4.78 is 1.37. The van der Waals surface area contributed by atoms with Crippen molar-refractivity contribution in [2.45, 2.75) is 6.42 Å². The molecule has 0 unspecified atom stereocenters. The fourth-order valence-electron chi connectivity index (χ4n) is 2.40. The van der Waals surface area contributed by atoms with Crippen molar-refractivity contribution < 1.29 is 9.59 Å². The molecule has 132 valence electrons. The summed E-state index contributed by atoms with van der Waals surface area (Å²) in [5.74, 6) is -0.316. The summed E-state index contributed by atoms with van der Waals surface area (Å²) in [6.07, 6.45) is 2.00. The molecular weight excluding hydrogens is 432 g/mol. The smallest absolute Gasteiger partial charge is 0.266 e. The average Bonchev–Trinajstić information content (AvgIpc) is 2.87. The lowest BCUT2D eigenvalue weighted by Gasteiger charge is -2.14. The van der Waals surface area contributed by atoms with E-state index < -0.39 is 0 Å². The van der Waals surface area contributed by atoms with Gasteiger partial charge in [0.15, 0.2) is 0 Å². The van der Waals surface area contributed by atoms with Crippen LogP contribution >= 0.6 is 39.9 Å². The summed E-state index contributed by atoms with van der Waals surface area (Å²) in [7, 11) is 0. The zero-order valence-corrected chi connectivity index (χ0v) is 16.9. The minimum atomic E-state index is -0.163. The molecule has 1 aliphatic rings. The molecule has 0 atom stereocenters. The van der Waals surface area contributed by atoms with Gasteiger partial charge in [-0.2, -0.15) is 0 Å². The lowest BCUT2D eigenvalue weighted by atomic mass is 10.2. The fourth-order valence-corrected chi connectivity index (χ4v) is 4.10. The fraction of sp³-hybridized carbons (Fsp3) is 0.105. The van der Waals surface area contributed by atoms with E-state index in [2.05, 4.69) is 21.2 Å². The quantitative estimate of drug-likeness (QED) is 0.534. The van der Waals surface area contributed by atoms with Crippen molar-refractivity contribution >= 4 is 67.8 Å². The van der Waals surface area contributed by atoms with Crippen molar-refractivity contribution in [1.29, 1.82) is 0 Å². The first kappa shape index (κ1) is 18.8. The molecule has 0 saturated carbocycles. The van der Waals surface area contributed by atoms with E-state index >= 15 is 0 Å². The van der Waals surface area contributed by atoms with Crippen molar-refractivity contribution in [2.75, 3.05) is 11.9 Å². The van der Waals surface area contributed by atoms with Gasteiger partial charge < -0.3 is 5.32 Å². The summed E-state index contributed by atoms with van der Waals surface area (Å²) in [4.78, 5) is 26.7. The maximum Gasteiger partial charge on any atom is 0.266 e. The average molecular weight is 447 g/mol. The van der Waals surface area contributed by atoms with E-state index in [0.29, 0.717) is 14.9 Å². The van der Waals surface area contributed by atoms with Crippen LogP contribution in [0.1, 0.15) is 12.0 Å². The molecule has 7 heteroatoms. The van der Waals surface area contributed by atoms with Gasteiger partial charge in [0.1, 0.15) is 4.32 Å². The Morgan fingerprint density at radius 2 is 1.96 bits per heavy atom. The van der Waals surface area contributed by atoms with Crippen LogP contribution in [0.4, 0.5) is 5.69 Å². The molecule has 1 aliphatic heterocycles. The van der Waals surface area contributed by atoms with E-state index in [-0.39, 0.29) is 24.8 Å². The van der Waals surface area contributed by atoms with Gasteiger partial charge in [0.2, 0.25) is 5.91 Å². The van der Waals surface area contributed by atoms with Gasteiger partial charge in [-0.25, -0.2) is 0 Å². The first-order valence-corrected chi connectivity index (χ1v) is 9.90. The van der Waals surface area contributed by atoms with E-state index in [4.69, 9.17) is 12.2 Å². The zero-order valence-electron chi connectivity index (χ0n) is 13.6. The van der Waals surface area contributed by atoms with E-state index in [0.717, 1.165) is 10.0 Å². The Labute approximate surface area is 169 Å². The highest BCUT2D eigenvalue weighted by molar-refractivity contribution is 9.10. The highest BCUT2D eigenvalue weighted by atomic mass is 79.9. The zero-order chi connectivity index (χ0) is 18.5. The van der Waals surface area contributed by atoms with Gasteiger partial charge in [-0.1, -0.05) is 76.3 Å². The summed E-state index contributed by atoms with van der Waals surface area (Å²) >= 11 is 9.93. The second-order valence-electron chi connectivity index (χ2n) is 5.55. The number of hydrogen-bond acceptors (Lipinski definition) is 4. The summed E-state index contributed by atoms with van der Waals surface area (Å²) in [6.45, 7) is 0.261. The molecular formula is C19H15BrN2O2S2.